The van der Waals surface area contributed by atoms with E-state index in [4.69, 9.17) is 10.5 Å². The van der Waals surface area contributed by atoms with Crippen molar-refractivity contribution in [3.05, 3.63) is 72.8 Å². The van der Waals surface area contributed by atoms with Gasteiger partial charge in [0.25, 0.3) is 0 Å². The third-order valence-corrected chi connectivity index (χ3v) is 5.96. The van der Waals surface area contributed by atoms with E-state index in [0.717, 1.165) is 34.3 Å². The highest BCUT2D eigenvalue weighted by Crippen LogP contribution is 2.41. The number of rotatable bonds is 5. The van der Waals surface area contributed by atoms with Gasteiger partial charge in [0.1, 0.15) is 23.5 Å². The molecule has 1 fully saturated rings. The molecular weight excluding hydrogens is 416 g/mol. The van der Waals surface area contributed by atoms with Crippen LogP contribution in [0.1, 0.15) is 23.7 Å². The van der Waals surface area contributed by atoms with Gasteiger partial charge in [-0.3, -0.25) is 4.79 Å². The summed E-state index contributed by atoms with van der Waals surface area (Å²) >= 11 is 0. The van der Waals surface area contributed by atoms with Crippen molar-refractivity contribution in [2.45, 2.75) is 19.3 Å². The van der Waals surface area contributed by atoms with Crippen molar-refractivity contribution in [1.29, 1.82) is 0 Å². The van der Waals surface area contributed by atoms with Crippen molar-refractivity contribution in [2.24, 2.45) is 0 Å². The molecule has 0 saturated carbocycles. The van der Waals surface area contributed by atoms with Crippen molar-refractivity contribution in [3.8, 4) is 22.8 Å². The number of nitrogens with two attached hydrogens (primary N) is 1. The van der Waals surface area contributed by atoms with Crippen LogP contribution in [0.4, 0.5) is 5.82 Å². The number of H-pyrrole nitrogens is 1. The average molecular weight is 441 g/mol. The molecule has 0 radical (unpaired) electrons. The Bertz CT molecular complexity index is 1350. The number of pyridine rings is 1. The summed E-state index contributed by atoms with van der Waals surface area (Å²) in [5, 5.41) is 0.787. The number of amides is 1. The smallest absolute Gasteiger partial charge is 0.245 e. The van der Waals surface area contributed by atoms with Crippen LogP contribution in [0.2, 0.25) is 0 Å². The predicted molar refractivity (Wildman–Crippen MR) is 127 cm³/mol. The number of nitrogen functional groups attached to an aromatic ring is 1. The fraction of sp³-hybridized carbons (Fsp3) is 0.200. The van der Waals surface area contributed by atoms with E-state index in [2.05, 4.69) is 26.5 Å². The maximum absolute atomic E-state index is 12.1. The Labute approximate surface area is 191 Å². The zero-order valence-electron chi connectivity index (χ0n) is 18.3. The number of carbonyl (C=O) groups excluding carboxylic acids is 1. The lowest BCUT2D eigenvalue weighted by atomic mass is 9.95. The molecule has 1 saturated heterocycles. The number of anilines is 1. The van der Waals surface area contributed by atoms with Crippen molar-refractivity contribution in [1.82, 2.24) is 24.8 Å². The van der Waals surface area contributed by atoms with E-state index in [-0.39, 0.29) is 11.8 Å². The summed E-state index contributed by atoms with van der Waals surface area (Å²) in [6.45, 7) is 6.82. The summed E-state index contributed by atoms with van der Waals surface area (Å²) in [6.07, 6.45) is 3.66. The van der Waals surface area contributed by atoms with E-state index in [9.17, 15) is 4.79 Å². The molecule has 3 N–H and O–H groups in total. The molecule has 0 aliphatic carbocycles. The van der Waals surface area contributed by atoms with Crippen LogP contribution < -0.4 is 10.5 Å². The standard InChI is InChI=1S/C25H24N6O2/c1-3-20(32)31-12-11-17(13-31)23-21(22-24(26)27-14-28-25(22)30-23)16-7-9-18(10-8-16)33-19-6-4-5-15(2)29-19/h3-10,14,17H,1,11-13H2,2H3,(H3,26,27,28,30)/t17-/m1/s1. The van der Waals surface area contributed by atoms with Gasteiger partial charge >= 0.3 is 0 Å². The van der Waals surface area contributed by atoms with Crippen LogP contribution in [0.15, 0.2) is 61.4 Å². The van der Waals surface area contributed by atoms with Crippen molar-refractivity contribution in [3.63, 3.8) is 0 Å². The van der Waals surface area contributed by atoms with Crippen molar-refractivity contribution >= 4 is 22.8 Å². The number of carbonyl (C=O) groups is 1. The van der Waals surface area contributed by atoms with Gasteiger partial charge in [-0.2, -0.15) is 0 Å². The third kappa shape index (κ3) is 3.91. The summed E-state index contributed by atoms with van der Waals surface area (Å²) in [5.74, 6) is 1.72. The number of benzene rings is 1. The number of aromatic nitrogens is 4. The molecule has 4 heterocycles. The summed E-state index contributed by atoms with van der Waals surface area (Å²) in [5.41, 5.74) is 10.8. The largest absolute Gasteiger partial charge is 0.439 e. The number of likely N-dealkylation sites (tertiary alicyclic amines) is 1. The lowest BCUT2D eigenvalue weighted by Gasteiger charge is -2.15. The number of nitrogens with zero attached hydrogens (tertiary/aromatic N) is 4. The van der Waals surface area contributed by atoms with Gasteiger partial charge in [-0.05, 0) is 43.2 Å². The lowest BCUT2D eigenvalue weighted by Crippen LogP contribution is -2.26. The first kappa shape index (κ1) is 20.7. The minimum absolute atomic E-state index is 0.0549. The molecule has 3 aromatic heterocycles. The first-order valence-corrected chi connectivity index (χ1v) is 10.8. The molecule has 8 heteroatoms. The second-order valence-electron chi connectivity index (χ2n) is 8.11. The fourth-order valence-electron chi connectivity index (χ4n) is 4.38. The zero-order chi connectivity index (χ0) is 22.9. The molecule has 33 heavy (non-hydrogen) atoms. The van der Waals surface area contributed by atoms with Crippen LogP contribution in [0.25, 0.3) is 22.2 Å². The summed E-state index contributed by atoms with van der Waals surface area (Å²) in [7, 11) is 0. The Morgan fingerprint density at radius 3 is 2.82 bits per heavy atom. The highest BCUT2D eigenvalue weighted by atomic mass is 16.5. The number of aryl methyl sites for hydroxylation is 1. The van der Waals surface area contributed by atoms with Crippen LogP contribution in [-0.2, 0) is 4.79 Å². The second kappa shape index (κ2) is 8.38. The molecule has 4 aromatic rings. The third-order valence-electron chi connectivity index (χ3n) is 5.96. The number of ether oxygens (including phenoxy) is 1. The molecule has 5 rings (SSSR count). The number of aromatic amines is 1. The predicted octanol–water partition coefficient (Wildman–Crippen LogP) is 4.20. The van der Waals surface area contributed by atoms with Crippen molar-refractivity contribution < 1.29 is 9.53 Å². The van der Waals surface area contributed by atoms with Crippen LogP contribution in [-0.4, -0.2) is 43.8 Å². The van der Waals surface area contributed by atoms with Gasteiger partial charge in [0, 0.05) is 42.0 Å². The number of hydrogen-bond donors (Lipinski definition) is 2. The number of fused-ring (bicyclic) bond motifs is 1. The Balaban J connectivity index is 1.52. The van der Waals surface area contributed by atoms with Gasteiger partial charge in [0.05, 0.1) is 5.39 Å². The van der Waals surface area contributed by atoms with E-state index < -0.39 is 0 Å². The quantitative estimate of drug-likeness (QED) is 0.450. The minimum Gasteiger partial charge on any atom is -0.439 e. The van der Waals surface area contributed by atoms with E-state index in [0.29, 0.717) is 36.2 Å². The van der Waals surface area contributed by atoms with E-state index in [1.807, 2.05) is 54.3 Å². The van der Waals surface area contributed by atoms with Gasteiger partial charge < -0.3 is 20.4 Å². The molecule has 1 amide bonds. The normalized spacial score (nSPS) is 15.7. The molecule has 166 valence electrons. The molecule has 0 bridgehead atoms. The van der Waals surface area contributed by atoms with Crippen LogP contribution in [0, 0.1) is 6.92 Å². The highest BCUT2D eigenvalue weighted by Gasteiger charge is 2.31. The Morgan fingerprint density at radius 2 is 2.06 bits per heavy atom. The van der Waals surface area contributed by atoms with E-state index in [1.54, 1.807) is 0 Å². The molecule has 0 spiro atoms. The number of hydrogen-bond acceptors (Lipinski definition) is 6. The summed E-state index contributed by atoms with van der Waals surface area (Å²) < 4.78 is 5.90. The minimum atomic E-state index is -0.0549. The summed E-state index contributed by atoms with van der Waals surface area (Å²) in [6, 6.07) is 13.5. The maximum Gasteiger partial charge on any atom is 0.245 e. The molecule has 1 aliphatic heterocycles. The molecular formula is C25H24N6O2. The van der Waals surface area contributed by atoms with Gasteiger partial charge in [0.15, 0.2) is 0 Å². The first-order valence-electron chi connectivity index (χ1n) is 10.8. The Morgan fingerprint density at radius 1 is 1.24 bits per heavy atom. The van der Waals surface area contributed by atoms with Gasteiger partial charge in [-0.15, -0.1) is 0 Å². The van der Waals surface area contributed by atoms with Gasteiger partial charge in [-0.1, -0.05) is 24.8 Å². The van der Waals surface area contributed by atoms with E-state index >= 15 is 0 Å². The molecule has 1 atom stereocenters. The van der Waals surface area contributed by atoms with Crippen molar-refractivity contribution in [2.75, 3.05) is 18.8 Å². The lowest BCUT2D eigenvalue weighted by molar-refractivity contribution is -0.125. The molecule has 1 aromatic carbocycles. The van der Waals surface area contributed by atoms with Crippen LogP contribution in [0.5, 0.6) is 11.6 Å². The van der Waals surface area contributed by atoms with Gasteiger partial charge in [0.2, 0.25) is 11.8 Å². The average Bonchev–Trinajstić information content (AvgIpc) is 3.45. The molecule has 8 nitrogen and oxygen atoms in total. The maximum atomic E-state index is 12.1. The SMILES string of the molecule is C=CC(=O)N1CC[C@@H](c2[nH]c3ncnc(N)c3c2-c2ccc(Oc3cccc(C)n3)cc2)C1. The zero-order valence-corrected chi connectivity index (χ0v) is 18.3. The Kier molecular flexibility index (Phi) is 5.26. The van der Waals surface area contributed by atoms with Crippen LogP contribution >= 0.6 is 0 Å². The topological polar surface area (TPSA) is 110 Å². The molecule has 1 aliphatic rings. The monoisotopic (exact) mass is 440 g/mol. The van der Waals surface area contributed by atoms with E-state index in [1.165, 1.54) is 12.4 Å². The second-order valence-corrected chi connectivity index (χ2v) is 8.11. The summed E-state index contributed by atoms with van der Waals surface area (Å²) in [4.78, 5) is 30.4. The molecule has 0 unspecified atom stereocenters. The fourth-order valence-corrected chi connectivity index (χ4v) is 4.38. The first-order chi connectivity index (χ1) is 16.0. The van der Waals surface area contributed by atoms with Crippen LogP contribution in [0.3, 0.4) is 0 Å². The Hall–Kier alpha value is -4.20. The van der Waals surface area contributed by atoms with Gasteiger partial charge in [-0.25, -0.2) is 15.0 Å². The highest BCUT2D eigenvalue weighted by molar-refractivity contribution is 6.02. The number of nitrogens with one attached hydrogen (secondary N) is 1.